The Labute approximate surface area is 107 Å². The van der Waals surface area contributed by atoms with E-state index in [9.17, 15) is 10.0 Å². The van der Waals surface area contributed by atoms with Gasteiger partial charge in [0.2, 0.25) is 0 Å². The Morgan fingerprint density at radius 2 is 1.94 bits per heavy atom. The molecule has 1 aromatic carbocycles. The highest BCUT2D eigenvalue weighted by Crippen LogP contribution is 2.22. The lowest BCUT2D eigenvalue weighted by molar-refractivity contribution is -0.111. The van der Waals surface area contributed by atoms with Crippen molar-refractivity contribution in [2.45, 2.75) is 32.4 Å². The molecule has 0 bridgehead atoms. The van der Waals surface area contributed by atoms with E-state index in [1.54, 1.807) is 32.9 Å². The Balaban J connectivity index is 2.84. The van der Waals surface area contributed by atoms with E-state index >= 15 is 0 Å². The molecule has 0 saturated heterocycles. The molecule has 1 aromatic rings. The number of rotatable bonds is 3. The highest BCUT2D eigenvalue weighted by molar-refractivity contribution is 5.67. The first-order chi connectivity index (χ1) is 8.35. The highest BCUT2D eigenvalue weighted by atomic mass is 16.6. The first-order valence-electron chi connectivity index (χ1n) is 5.74. The van der Waals surface area contributed by atoms with Crippen LogP contribution in [0.1, 0.15) is 32.4 Å². The molecule has 0 radical (unpaired) electrons. The Hall–Kier alpha value is -1.81. The van der Waals surface area contributed by atoms with Gasteiger partial charge in [-0.2, -0.15) is 5.06 Å². The van der Waals surface area contributed by atoms with Gasteiger partial charge in [-0.15, -0.1) is 6.58 Å². The van der Waals surface area contributed by atoms with Gasteiger partial charge in [0.15, 0.2) is 0 Å². The molecule has 0 aromatic heterocycles. The van der Waals surface area contributed by atoms with Gasteiger partial charge >= 0.3 is 6.09 Å². The zero-order chi connectivity index (χ0) is 13.8. The Morgan fingerprint density at radius 3 is 2.39 bits per heavy atom. The van der Waals surface area contributed by atoms with Gasteiger partial charge in [-0.05, 0) is 26.3 Å². The molecular formula is C14H19NO3. The predicted octanol–water partition coefficient (Wildman–Crippen LogP) is 3.54. The average molecular weight is 249 g/mol. The standard InChI is InChI=1S/C14H19NO3/c1-5-12(11-9-7-6-8-10-11)15(17)13(16)18-14(2,3)4/h5-10,12,17H,1H2,2-4H3. The summed E-state index contributed by atoms with van der Waals surface area (Å²) >= 11 is 0. The molecule has 0 aliphatic heterocycles. The largest absolute Gasteiger partial charge is 0.442 e. The molecule has 1 rings (SSSR count). The quantitative estimate of drug-likeness (QED) is 0.506. The van der Waals surface area contributed by atoms with E-state index in [1.165, 1.54) is 6.08 Å². The molecule has 0 aliphatic rings. The lowest BCUT2D eigenvalue weighted by atomic mass is 10.1. The van der Waals surface area contributed by atoms with Crippen LogP contribution < -0.4 is 0 Å². The van der Waals surface area contributed by atoms with Crippen LogP contribution >= 0.6 is 0 Å². The van der Waals surface area contributed by atoms with Crippen LogP contribution in [0.3, 0.4) is 0 Å². The summed E-state index contributed by atoms with van der Waals surface area (Å²) < 4.78 is 5.09. The molecule has 1 N–H and O–H groups in total. The van der Waals surface area contributed by atoms with E-state index in [4.69, 9.17) is 4.74 Å². The first kappa shape index (κ1) is 14.3. The number of benzene rings is 1. The summed E-state index contributed by atoms with van der Waals surface area (Å²) in [7, 11) is 0. The summed E-state index contributed by atoms with van der Waals surface area (Å²) in [5.74, 6) is 0. The van der Waals surface area contributed by atoms with Crippen LogP contribution in [0, 0.1) is 0 Å². The van der Waals surface area contributed by atoms with Crippen molar-refractivity contribution in [1.29, 1.82) is 0 Å². The van der Waals surface area contributed by atoms with Crippen molar-refractivity contribution in [3.05, 3.63) is 48.6 Å². The Kier molecular flexibility index (Phi) is 4.50. The van der Waals surface area contributed by atoms with Crippen LogP contribution in [0.2, 0.25) is 0 Å². The molecule has 0 heterocycles. The topological polar surface area (TPSA) is 49.8 Å². The lowest BCUT2D eigenvalue weighted by Crippen LogP contribution is -2.36. The summed E-state index contributed by atoms with van der Waals surface area (Å²) in [6, 6.07) is 8.50. The molecule has 4 heteroatoms. The third-order valence-corrected chi connectivity index (χ3v) is 2.21. The predicted molar refractivity (Wildman–Crippen MR) is 69.2 cm³/mol. The minimum Gasteiger partial charge on any atom is -0.442 e. The third-order valence-electron chi connectivity index (χ3n) is 2.21. The Morgan fingerprint density at radius 1 is 1.39 bits per heavy atom. The monoisotopic (exact) mass is 249 g/mol. The maximum atomic E-state index is 11.7. The fourth-order valence-corrected chi connectivity index (χ4v) is 1.45. The molecule has 98 valence electrons. The fraction of sp³-hybridized carbons (Fsp3) is 0.357. The first-order valence-corrected chi connectivity index (χ1v) is 5.74. The molecule has 4 nitrogen and oxygen atoms in total. The molecule has 0 saturated carbocycles. The summed E-state index contributed by atoms with van der Waals surface area (Å²) in [6.07, 6.45) is 0.690. The third kappa shape index (κ3) is 3.89. The maximum Gasteiger partial charge on any atom is 0.435 e. The van der Waals surface area contributed by atoms with Gasteiger partial charge < -0.3 is 4.74 Å². The minimum atomic E-state index is -0.795. The number of hydrogen-bond acceptors (Lipinski definition) is 3. The van der Waals surface area contributed by atoms with Crippen LogP contribution in [-0.4, -0.2) is 22.0 Å². The van der Waals surface area contributed by atoms with Crippen LogP contribution in [-0.2, 0) is 4.74 Å². The molecule has 0 fully saturated rings. The van der Waals surface area contributed by atoms with E-state index in [0.29, 0.717) is 5.06 Å². The van der Waals surface area contributed by atoms with Crippen LogP contribution in [0.5, 0.6) is 0 Å². The molecule has 1 amide bonds. The molecular weight excluding hydrogens is 230 g/mol. The highest BCUT2D eigenvalue weighted by Gasteiger charge is 2.26. The summed E-state index contributed by atoms with van der Waals surface area (Å²) in [4.78, 5) is 11.7. The van der Waals surface area contributed by atoms with Crippen molar-refractivity contribution >= 4 is 6.09 Å². The fourth-order valence-electron chi connectivity index (χ4n) is 1.45. The van der Waals surface area contributed by atoms with Crippen molar-refractivity contribution in [1.82, 2.24) is 5.06 Å². The maximum absolute atomic E-state index is 11.7. The Bertz CT molecular complexity index is 409. The van der Waals surface area contributed by atoms with Crippen molar-refractivity contribution in [2.24, 2.45) is 0 Å². The van der Waals surface area contributed by atoms with Gasteiger partial charge in [-0.3, -0.25) is 5.21 Å². The van der Waals surface area contributed by atoms with E-state index in [1.807, 2.05) is 18.2 Å². The zero-order valence-electron chi connectivity index (χ0n) is 11.0. The molecule has 0 aliphatic carbocycles. The number of hydroxylamine groups is 2. The van der Waals surface area contributed by atoms with E-state index in [2.05, 4.69) is 6.58 Å². The summed E-state index contributed by atoms with van der Waals surface area (Å²) in [5.41, 5.74) is 0.112. The van der Waals surface area contributed by atoms with Gasteiger partial charge in [-0.25, -0.2) is 4.79 Å². The number of carbonyl (C=O) groups is 1. The average Bonchev–Trinajstić information content (AvgIpc) is 2.29. The van der Waals surface area contributed by atoms with E-state index in [-0.39, 0.29) is 0 Å². The number of nitrogens with zero attached hydrogens (tertiary/aromatic N) is 1. The van der Waals surface area contributed by atoms with Crippen LogP contribution in [0.4, 0.5) is 4.79 Å². The van der Waals surface area contributed by atoms with E-state index < -0.39 is 17.7 Å². The smallest absolute Gasteiger partial charge is 0.435 e. The number of ether oxygens (including phenoxy) is 1. The van der Waals surface area contributed by atoms with E-state index in [0.717, 1.165) is 5.56 Å². The molecule has 1 atom stereocenters. The van der Waals surface area contributed by atoms with Gasteiger partial charge in [0.25, 0.3) is 0 Å². The SMILES string of the molecule is C=CC(c1ccccc1)N(O)C(=O)OC(C)(C)C. The second-order valence-corrected chi connectivity index (χ2v) is 4.92. The minimum absolute atomic E-state index is 0.549. The normalized spacial score (nSPS) is 12.7. The van der Waals surface area contributed by atoms with Gasteiger partial charge in [0, 0.05) is 0 Å². The molecule has 0 spiro atoms. The van der Waals surface area contributed by atoms with Crippen molar-refractivity contribution in [3.63, 3.8) is 0 Å². The summed E-state index contributed by atoms with van der Waals surface area (Å²) in [5, 5.41) is 10.4. The van der Waals surface area contributed by atoms with Crippen molar-refractivity contribution < 1.29 is 14.7 Å². The number of amides is 1. The molecule has 18 heavy (non-hydrogen) atoms. The zero-order valence-corrected chi connectivity index (χ0v) is 11.0. The lowest BCUT2D eigenvalue weighted by Gasteiger charge is -2.27. The molecule has 1 unspecified atom stereocenters. The van der Waals surface area contributed by atoms with Gasteiger partial charge in [0.05, 0.1) is 0 Å². The van der Waals surface area contributed by atoms with Crippen LogP contribution in [0.25, 0.3) is 0 Å². The van der Waals surface area contributed by atoms with Crippen molar-refractivity contribution in [3.8, 4) is 0 Å². The van der Waals surface area contributed by atoms with Crippen molar-refractivity contribution in [2.75, 3.05) is 0 Å². The number of hydrogen-bond donors (Lipinski definition) is 1. The summed E-state index contributed by atoms with van der Waals surface area (Å²) in [6.45, 7) is 8.85. The second-order valence-electron chi connectivity index (χ2n) is 4.92. The van der Waals surface area contributed by atoms with Crippen LogP contribution in [0.15, 0.2) is 43.0 Å². The number of carbonyl (C=O) groups excluding carboxylic acids is 1. The van der Waals surface area contributed by atoms with Gasteiger partial charge in [0.1, 0.15) is 11.6 Å². The second kappa shape index (κ2) is 5.69. The van der Waals surface area contributed by atoms with Gasteiger partial charge in [-0.1, -0.05) is 36.4 Å².